The van der Waals surface area contributed by atoms with E-state index in [9.17, 15) is 4.79 Å². The molecule has 2 heterocycles. The topological polar surface area (TPSA) is 56.4 Å². The molecule has 2 aromatic carbocycles. The van der Waals surface area contributed by atoms with E-state index < -0.39 is 0 Å². The van der Waals surface area contributed by atoms with Gasteiger partial charge in [0.25, 0.3) is 5.91 Å². The van der Waals surface area contributed by atoms with Crippen molar-refractivity contribution in [2.45, 2.75) is 13.2 Å². The van der Waals surface area contributed by atoms with Crippen molar-refractivity contribution in [1.82, 2.24) is 4.90 Å². The summed E-state index contributed by atoms with van der Waals surface area (Å²) in [6.07, 6.45) is 1.54. The maximum atomic E-state index is 12.4. The highest BCUT2D eigenvalue weighted by Crippen LogP contribution is 2.28. The molecule has 3 aromatic rings. The summed E-state index contributed by atoms with van der Waals surface area (Å²) >= 11 is 0. The van der Waals surface area contributed by atoms with Gasteiger partial charge in [-0.25, -0.2) is 0 Å². The molecule has 0 radical (unpaired) electrons. The fourth-order valence-electron chi connectivity index (χ4n) is 3.73. The summed E-state index contributed by atoms with van der Waals surface area (Å²) in [7, 11) is 1.66. The zero-order valence-corrected chi connectivity index (χ0v) is 17.2. The minimum absolute atomic E-state index is 0.0277. The molecule has 0 unspecified atom stereocenters. The molecule has 4 rings (SSSR count). The molecule has 6 nitrogen and oxygen atoms in total. The van der Waals surface area contributed by atoms with Gasteiger partial charge in [-0.1, -0.05) is 30.3 Å². The number of hydrogen-bond acceptors (Lipinski definition) is 4. The molecule has 6 heteroatoms. The summed E-state index contributed by atoms with van der Waals surface area (Å²) in [6, 6.07) is 19.7. The molecular weight excluding hydrogens is 380 g/mol. The molecular formula is C24H27N2O4+. The molecule has 0 bridgehead atoms. The third-order valence-corrected chi connectivity index (χ3v) is 5.41. The lowest BCUT2D eigenvalue weighted by Crippen LogP contribution is -3.13. The van der Waals surface area contributed by atoms with Crippen LogP contribution in [0.2, 0.25) is 0 Å². The van der Waals surface area contributed by atoms with Gasteiger partial charge in [-0.05, 0) is 35.9 Å². The summed E-state index contributed by atoms with van der Waals surface area (Å²) in [4.78, 5) is 15.7. The number of rotatable bonds is 7. The summed E-state index contributed by atoms with van der Waals surface area (Å²) in [5.74, 6) is 1.87. The second kappa shape index (κ2) is 9.50. The zero-order valence-electron chi connectivity index (χ0n) is 17.2. The molecule has 1 aromatic heterocycles. The second-order valence-corrected chi connectivity index (χ2v) is 7.46. The molecule has 30 heavy (non-hydrogen) atoms. The largest absolute Gasteiger partial charge is 0.493 e. The molecule has 1 aliphatic rings. The van der Waals surface area contributed by atoms with Gasteiger partial charge >= 0.3 is 0 Å². The number of methoxy groups -OCH3 is 1. The highest BCUT2D eigenvalue weighted by molar-refractivity contribution is 5.91. The van der Waals surface area contributed by atoms with E-state index in [1.54, 1.807) is 19.2 Å². The predicted molar refractivity (Wildman–Crippen MR) is 113 cm³/mol. The Kier molecular flexibility index (Phi) is 6.35. The number of nitrogens with zero attached hydrogens (tertiary/aromatic N) is 1. The zero-order chi connectivity index (χ0) is 20.8. The van der Waals surface area contributed by atoms with E-state index in [2.05, 4.69) is 12.1 Å². The number of amides is 1. The van der Waals surface area contributed by atoms with Crippen LogP contribution in [0.3, 0.4) is 0 Å². The van der Waals surface area contributed by atoms with Crippen molar-refractivity contribution in [3.63, 3.8) is 0 Å². The standard InChI is InChI=1S/C24H26N2O4/c1-28-21-10-9-20(16-23(21)30-18-19-6-3-2-4-7-19)17-25-11-13-26(14-12-25)24(27)22-8-5-15-29-22/h2-10,15-16H,11-14,17-18H2,1H3/p+1. The summed E-state index contributed by atoms with van der Waals surface area (Å²) in [5.41, 5.74) is 2.31. The Hall–Kier alpha value is -3.25. The Labute approximate surface area is 176 Å². The first kappa shape index (κ1) is 20.0. The van der Waals surface area contributed by atoms with E-state index >= 15 is 0 Å². The van der Waals surface area contributed by atoms with Gasteiger partial charge in [0.1, 0.15) is 13.2 Å². The maximum Gasteiger partial charge on any atom is 0.289 e. The van der Waals surface area contributed by atoms with Crippen molar-refractivity contribution in [3.05, 3.63) is 83.8 Å². The van der Waals surface area contributed by atoms with Crippen LogP contribution in [0.1, 0.15) is 21.7 Å². The lowest BCUT2D eigenvalue weighted by atomic mass is 10.1. The Bertz CT molecular complexity index is 949. The summed E-state index contributed by atoms with van der Waals surface area (Å²) < 4.78 is 16.7. The van der Waals surface area contributed by atoms with E-state index in [4.69, 9.17) is 13.9 Å². The summed E-state index contributed by atoms with van der Waals surface area (Å²) in [5, 5.41) is 0. The van der Waals surface area contributed by atoms with E-state index in [0.29, 0.717) is 12.4 Å². The summed E-state index contributed by atoms with van der Waals surface area (Å²) in [6.45, 7) is 4.64. The van der Waals surface area contributed by atoms with E-state index in [1.807, 2.05) is 41.3 Å². The number of piperazine rings is 1. The first-order valence-corrected chi connectivity index (χ1v) is 10.2. The SMILES string of the molecule is COc1ccc(C[NH+]2CCN(C(=O)c3ccco3)CC2)cc1OCc1ccccc1. The number of hydrogen-bond donors (Lipinski definition) is 1. The van der Waals surface area contributed by atoms with Crippen LogP contribution in [-0.4, -0.2) is 44.1 Å². The fourth-order valence-corrected chi connectivity index (χ4v) is 3.73. The molecule has 156 valence electrons. The van der Waals surface area contributed by atoms with Gasteiger partial charge in [-0.2, -0.15) is 0 Å². The average Bonchev–Trinajstić information content (AvgIpc) is 3.34. The van der Waals surface area contributed by atoms with Crippen molar-refractivity contribution in [2.75, 3.05) is 33.3 Å². The van der Waals surface area contributed by atoms with E-state index in [0.717, 1.165) is 49.8 Å². The van der Waals surface area contributed by atoms with Crippen LogP contribution in [-0.2, 0) is 13.2 Å². The Morgan fingerprint density at radius 3 is 2.50 bits per heavy atom. The number of quaternary nitrogens is 1. The maximum absolute atomic E-state index is 12.4. The first-order valence-electron chi connectivity index (χ1n) is 10.2. The highest BCUT2D eigenvalue weighted by Gasteiger charge is 2.26. The molecule has 1 fully saturated rings. The number of furan rings is 1. The second-order valence-electron chi connectivity index (χ2n) is 7.46. The van der Waals surface area contributed by atoms with Crippen LogP contribution in [0.25, 0.3) is 0 Å². The number of carbonyl (C=O) groups is 1. The fraction of sp³-hybridized carbons (Fsp3) is 0.292. The van der Waals surface area contributed by atoms with Crippen LogP contribution in [0, 0.1) is 0 Å². The van der Waals surface area contributed by atoms with Crippen LogP contribution in [0.4, 0.5) is 0 Å². The molecule has 0 saturated carbocycles. The number of ether oxygens (including phenoxy) is 2. The first-order chi connectivity index (χ1) is 14.7. The van der Waals surface area contributed by atoms with Crippen molar-refractivity contribution in [2.24, 2.45) is 0 Å². The molecule has 1 saturated heterocycles. The van der Waals surface area contributed by atoms with Crippen LogP contribution in [0.15, 0.2) is 71.3 Å². The van der Waals surface area contributed by atoms with E-state index in [1.165, 1.54) is 16.7 Å². The normalized spacial score (nSPS) is 14.5. The molecule has 1 N–H and O–H groups in total. The van der Waals surface area contributed by atoms with E-state index in [-0.39, 0.29) is 5.91 Å². The van der Waals surface area contributed by atoms with Crippen molar-refractivity contribution >= 4 is 5.91 Å². The van der Waals surface area contributed by atoms with Gasteiger partial charge in [-0.3, -0.25) is 4.79 Å². The van der Waals surface area contributed by atoms with Crippen molar-refractivity contribution < 1.29 is 23.6 Å². The van der Waals surface area contributed by atoms with Gasteiger partial charge in [0, 0.05) is 5.56 Å². The van der Waals surface area contributed by atoms with Gasteiger partial charge in [0.2, 0.25) is 0 Å². The molecule has 0 atom stereocenters. The molecule has 0 aliphatic carbocycles. The number of carbonyl (C=O) groups excluding carboxylic acids is 1. The lowest BCUT2D eigenvalue weighted by molar-refractivity contribution is -0.917. The predicted octanol–water partition coefficient (Wildman–Crippen LogP) is 2.41. The van der Waals surface area contributed by atoms with Crippen LogP contribution in [0.5, 0.6) is 11.5 Å². The Balaban J connectivity index is 1.35. The molecule has 0 spiro atoms. The third-order valence-electron chi connectivity index (χ3n) is 5.41. The monoisotopic (exact) mass is 407 g/mol. The smallest absolute Gasteiger partial charge is 0.289 e. The van der Waals surface area contributed by atoms with Gasteiger partial charge in [0.05, 0.1) is 39.6 Å². The minimum atomic E-state index is -0.0277. The van der Waals surface area contributed by atoms with Crippen molar-refractivity contribution in [1.29, 1.82) is 0 Å². The Morgan fingerprint density at radius 2 is 1.80 bits per heavy atom. The average molecular weight is 407 g/mol. The number of nitrogens with one attached hydrogen (secondary N) is 1. The lowest BCUT2D eigenvalue weighted by Gasteiger charge is -2.31. The highest BCUT2D eigenvalue weighted by atomic mass is 16.5. The van der Waals surface area contributed by atoms with Crippen LogP contribution >= 0.6 is 0 Å². The molecule has 1 amide bonds. The Morgan fingerprint density at radius 1 is 1.00 bits per heavy atom. The van der Waals surface area contributed by atoms with Crippen LogP contribution < -0.4 is 14.4 Å². The van der Waals surface area contributed by atoms with Crippen molar-refractivity contribution in [3.8, 4) is 11.5 Å². The van der Waals surface area contributed by atoms with Gasteiger partial charge < -0.3 is 23.7 Å². The third kappa shape index (κ3) is 4.83. The minimum Gasteiger partial charge on any atom is -0.493 e. The van der Waals surface area contributed by atoms with Gasteiger partial charge in [-0.15, -0.1) is 0 Å². The molecule has 1 aliphatic heterocycles. The quantitative estimate of drug-likeness (QED) is 0.654. The number of benzene rings is 2. The van der Waals surface area contributed by atoms with Gasteiger partial charge in [0.15, 0.2) is 17.3 Å².